The molecule has 0 amide bonds. The average molecular weight is 445 g/mol. The first-order valence-corrected chi connectivity index (χ1v) is 12.1. The summed E-state index contributed by atoms with van der Waals surface area (Å²) >= 11 is 15.0. The number of allylic oxidation sites excluding steroid dienone is 2. The normalized spacial score (nSPS) is 26.0. The van der Waals surface area contributed by atoms with Gasteiger partial charge in [0.25, 0.3) is 0 Å². The molecule has 0 spiro atoms. The Morgan fingerprint density at radius 1 is 1.25 bits per heavy atom. The lowest BCUT2D eigenvalue weighted by molar-refractivity contribution is -0.137. The summed E-state index contributed by atoms with van der Waals surface area (Å²) in [5, 5.41) is 19.0. The van der Waals surface area contributed by atoms with Crippen molar-refractivity contribution in [1.29, 1.82) is 0 Å². The van der Waals surface area contributed by atoms with Crippen molar-refractivity contribution in [3.63, 3.8) is 0 Å². The minimum absolute atomic E-state index is 0.000162. The van der Waals surface area contributed by atoms with Gasteiger partial charge in [0.15, 0.2) is 0 Å². The van der Waals surface area contributed by atoms with E-state index >= 15 is 0 Å². The standard InChI is InChI=1S/C22H30Cl2O3S/c1-28-13-12-20(25)15-8-10-16(11-9-15)22-17(18(23)14-19(22)24)6-4-2-3-5-7-21(26)27/h2,4,8-11,17-20,22,25H,3,5-7,12-14H2,1H3,(H,26,27)/b4-2-. The van der Waals surface area contributed by atoms with Gasteiger partial charge < -0.3 is 10.2 Å². The third-order valence-electron chi connectivity index (χ3n) is 5.40. The van der Waals surface area contributed by atoms with Gasteiger partial charge >= 0.3 is 5.97 Å². The first-order chi connectivity index (χ1) is 13.4. The fourth-order valence-electron chi connectivity index (χ4n) is 3.86. The first kappa shape index (κ1) is 23.6. The SMILES string of the molecule is CSCCC(O)c1ccc(C2C(Cl)CC(Cl)C2C/C=C\CCCC(=O)O)cc1. The Bertz CT molecular complexity index is 635. The van der Waals surface area contributed by atoms with Gasteiger partial charge in [-0.3, -0.25) is 4.79 Å². The third kappa shape index (κ3) is 6.98. The van der Waals surface area contributed by atoms with Crippen molar-refractivity contribution in [2.45, 2.75) is 61.3 Å². The second-order valence-corrected chi connectivity index (χ2v) is 9.52. The predicted octanol–water partition coefficient (Wildman–Crippen LogP) is 5.99. The Hall–Kier alpha value is -0.680. The minimum atomic E-state index is -0.753. The summed E-state index contributed by atoms with van der Waals surface area (Å²) in [5.74, 6) is 0.624. The van der Waals surface area contributed by atoms with Crippen LogP contribution in [0.2, 0.25) is 0 Å². The Morgan fingerprint density at radius 3 is 2.61 bits per heavy atom. The molecule has 0 heterocycles. The first-order valence-electron chi connectivity index (χ1n) is 9.85. The summed E-state index contributed by atoms with van der Waals surface area (Å²) < 4.78 is 0. The molecule has 0 aromatic heterocycles. The lowest BCUT2D eigenvalue weighted by Gasteiger charge is -2.23. The van der Waals surface area contributed by atoms with Gasteiger partial charge in [-0.2, -0.15) is 11.8 Å². The third-order valence-corrected chi connectivity index (χ3v) is 7.00. The van der Waals surface area contributed by atoms with E-state index in [9.17, 15) is 9.90 Å². The van der Waals surface area contributed by atoms with Crippen LogP contribution in [0.25, 0.3) is 0 Å². The van der Waals surface area contributed by atoms with Crippen molar-refractivity contribution in [3.05, 3.63) is 47.5 Å². The van der Waals surface area contributed by atoms with Gasteiger partial charge in [-0.15, -0.1) is 23.2 Å². The van der Waals surface area contributed by atoms with Crippen molar-refractivity contribution >= 4 is 40.9 Å². The number of thioether (sulfide) groups is 1. The second-order valence-electron chi connectivity index (χ2n) is 7.41. The van der Waals surface area contributed by atoms with Crippen LogP contribution in [0.15, 0.2) is 36.4 Å². The van der Waals surface area contributed by atoms with Crippen molar-refractivity contribution in [2.75, 3.05) is 12.0 Å². The zero-order valence-corrected chi connectivity index (χ0v) is 18.6. The molecular formula is C22H30Cl2O3S. The number of aliphatic hydroxyl groups is 1. The van der Waals surface area contributed by atoms with Crippen molar-refractivity contribution in [1.82, 2.24) is 0 Å². The van der Waals surface area contributed by atoms with Crippen LogP contribution in [-0.4, -0.2) is 38.9 Å². The lowest BCUT2D eigenvalue weighted by atomic mass is 9.85. The Balaban J connectivity index is 1.99. The van der Waals surface area contributed by atoms with E-state index in [0.717, 1.165) is 37.0 Å². The number of hydrogen-bond acceptors (Lipinski definition) is 3. The van der Waals surface area contributed by atoms with E-state index in [-0.39, 0.29) is 29.0 Å². The summed E-state index contributed by atoms with van der Waals surface area (Å²) in [6.45, 7) is 0. The molecule has 0 radical (unpaired) electrons. The topological polar surface area (TPSA) is 57.5 Å². The van der Waals surface area contributed by atoms with E-state index in [0.29, 0.717) is 6.42 Å². The molecule has 1 aromatic carbocycles. The number of hydrogen-bond donors (Lipinski definition) is 2. The highest BCUT2D eigenvalue weighted by Crippen LogP contribution is 2.47. The molecule has 0 saturated heterocycles. The number of alkyl halides is 2. The molecule has 0 bridgehead atoms. The zero-order valence-electron chi connectivity index (χ0n) is 16.3. The van der Waals surface area contributed by atoms with Crippen molar-refractivity contribution in [3.8, 4) is 0 Å². The molecule has 1 aliphatic carbocycles. The quantitative estimate of drug-likeness (QED) is 0.249. The molecule has 5 atom stereocenters. The largest absolute Gasteiger partial charge is 0.481 e. The molecule has 1 aromatic rings. The maximum atomic E-state index is 10.6. The molecule has 6 heteroatoms. The number of rotatable bonds is 11. The van der Waals surface area contributed by atoms with E-state index in [2.05, 4.69) is 24.3 Å². The fraction of sp³-hybridized carbons (Fsp3) is 0.591. The maximum absolute atomic E-state index is 10.6. The molecule has 5 unspecified atom stereocenters. The number of unbranched alkanes of at least 4 members (excludes halogenated alkanes) is 1. The van der Waals surface area contributed by atoms with E-state index in [1.54, 1.807) is 11.8 Å². The van der Waals surface area contributed by atoms with Gasteiger partial charge in [0.05, 0.1) is 6.10 Å². The number of carboxylic acid groups (broad SMARTS) is 1. The number of benzene rings is 1. The Kier molecular flexibility index (Phi) is 10.2. The molecule has 28 heavy (non-hydrogen) atoms. The van der Waals surface area contributed by atoms with E-state index in [1.807, 2.05) is 18.4 Å². The molecule has 1 aliphatic rings. The summed E-state index contributed by atoms with van der Waals surface area (Å²) in [7, 11) is 0. The number of carbonyl (C=O) groups is 1. The number of aliphatic hydroxyl groups excluding tert-OH is 1. The smallest absolute Gasteiger partial charge is 0.303 e. The van der Waals surface area contributed by atoms with Gasteiger partial charge in [-0.1, -0.05) is 36.4 Å². The van der Waals surface area contributed by atoms with Crippen LogP contribution in [0, 0.1) is 5.92 Å². The van der Waals surface area contributed by atoms with Crippen LogP contribution in [0.5, 0.6) is 0 Å². The summed E-state index contributed by atoms with van der Waals surface area (Å²) in [6.07, 6.45) is 9.78. The highest BCUT2D eigenvalue weighted by molar-refractivity contribution is 7.98. The zero-order chi connectivity index (χ0) is 20.5. The number of carboxylic acids is 1. The molecule has 1 fully saturated rings. The molecule has 2 N–H and O–H groups in total. The molecular weight excluding hydrogens is 415 g/mol. The van der Waals surface area contributed by atoms with Crippen LogP contribution in [0.3, 0.4) is 0 Å². The van der Waals surface area contributed by atoms with Crippen LogP contribution < -0.4 is 0 Å². The second kappa shape index (κ2) is 12.1. The van der Waals surface area contributed by atoms with Crippen LogP contribution in [-0.2, 0) is 4.79 Å². The summed E-state index contributed by atoms with van der Waals surface area (Å²) in [4.78, 5) is 10.6. The predicted molar refractivity (Wildman–Crippen MR) is 120 cm³/mol. The van der Waals surface area contributed by atoms with E-state index < -0.39 is 12.1 Å². The molecule has 1 saturated carbocycles. The van der Waals surface area contributed by atoms with Gasteiger partial charge in [0.1, 0.15) is 0 Å². The minimum Gasteiger partial charge on any atom is -0.481 e. The van der Waals surface area contributed by atoms with Crippen LogP contribution >= 0.6 is 35.0 Å². The molecule has 2 rings (SSSR count). The average Bonchev–Trinajstić information content (AvgIpc) is 2.95. The number of halogens is 2. The Morgan fingerprint density at radius 2 is 1.96 bits per heavy atom. The van der Waals surface area contributed by atoms with Gasteiger partial charge in [-0.05, 0) is 61.2 Å². The molecule has 156 valence electrons. The monoisotopic (exact) mass is 444 g/mol. The van der Waals surface area contributed by atoms with Crippen LogP contribution in [0.1, 0.15) is 61.7 Å². The van der Waals surface area contributed by atoms with Crippen molar-refractivity contribution < 1.29 is 15.0 Å². The van der Waals surface area contributed by atoms with Gasteiger partial charge in [-0.25, -0.2) is 0 Å². The van der Waals surface area contributed by atoms with Gasteiger partial charge in [0, 0.05) is 23.1 Å². The van der Waals surface area contributed by atoms with E-state index in [4.69, 9.17) is 28.3 Å². The lowest BCUT2D eigenvalue weighted by Crippen LogP contribution is -2.16. The molecule has 0 aliphatic heterocycles. The maximum Gasteiger partial charge on any atom is 0.303 e. The Labute approximate surface area is 182 Å². The van der Waals surface area contributed by atoms with E-state index in [1.165, 1.54) is 5.56 Å². The highest BCUT2D eigenvalue weighted by atomic mass is 35.5. The fourth-order valence-corrected chi connectivity index (χ4v) is 5.38. The highest BCUT2D eigenvalue weighted by Gasteiger charge is 2.41. The van der Waals surface area contributed by atoms with Crippen molar-refractivity contribution in [2.24, 2.45) is 5.92 Å². The summed E-state index contributed by atoms with van der Waals surface area (Å²) in [6, 6.07) is 8.17. The summed E-state index contributed by atoms with van der Waals surface area (Å²) in [5.41, 5.74) is 2.12. The van der Waals surface area contributed by atoms with Crippen LogP contribution in [0.4, 0.5) is 0 Å². The molecule has 3 nitrogen and oxygen atoms in total. The number of aliphatic carboxylic acids is 1. The van der Waals surface area contributed by atoms with Gasteiger partial charge in [0.2, 0.25) is 0 Å².